The van der Waals surface area contributed by atoms with Gasteiger partial charge in [-0.2, -0.15) is 0 Å². The van der Waals surface area contributed by atoms with Crippen LogP contribution in [0.2, 0.25) is 0 Å². The van der Waals surface area contributed by atoms with E-state index in [9.17, 15) is 14.4 Å². The minimum Gasteiger partial charge on any atom is -0.466 e. The Bertz CT molecular complexity index is 431. The molecule has 0 bridgehead atoms. The third-order valence-electron chi connectivity index (χ3n) is 2.77. The minimum atomic E-state index is -0.642. The first kappa shape index (κ1) is 14.0. The Kier molecular flexibility index (Phi) is 4.56. The van der Waals surface area contributed by atoms with Crippen molar-refractivity contribution in [2.24, 2.45) is 0 Å². The van der Waals surface area contributed by atoms with Crippen molar-refractivity contribution in [3.8, 4) is 0 Å². The predicted octanol–water partition coefficient (Wildman–Crippen LogP) is 0.0284. The van der Waals surface area contributed by atoms with E-state index in [4.69, 9.17) is 4.74 Å². The van der Waals surface area contributed by atoms with Gasteiger partial charge < -0.3 is 9.47 Å². The Hall–Kier alpha value is -1.38. The number of nitrogens with zero attached hydrogens (tertiary/aromatic N) is 2. The van der Waals surface area contributed by atoms with Crippen LogP contribution in [0.5, 0.6) is 0 Å². The minimum absolute atomic E-state index is 0.102. The molecular weight excluding hydrogens is 272 g/mol. The van der Waals surface area contributed by atoms with E-state index in [1.54, 1.807) is 0 Å². The summed E-state index contributed by atoms with van der Waals surface area (Å²) in [5.74, 6) is -1.09. The molecule has 0 radical (unpaired) electrons. The lowest BCUT2D eigenvalue weighted by Gasteiger charge is -2.29. The van der Waals surface area contributed by atoms with Crippen molar-refractivity contribution in [3.05, 3.63) is 11.0 Å². The smallest absolute Gasteiger partial charge is 0.331 e. The first-order valence-electron chi connectivity index (χ1n) is 5.75. The van der Waals surface area contributed by atoms with Crippen LogP contribution >= 0.6 is 11.8 Å². The van der Waals surface area contributed by atoms with Crippen LogP contribution < -0.4 is 0 Å². The van der Waals surface area contributed by atoms with E-state index in [1.165, 1.54) is 7.11 Å². The number of hydrogen-bond donors (Lipinski definition) is 0. The number of carbonyl (C=O) groups is 3. The molecule has 0 aliphatic carbocycles. The number of morpholine rings is 1. The van der Waals surface area contributed by atoms with Gasteiger partial charge in [0, 0.05) is 19.2 Å². The Morgan fingerprint density at radius 3 is 2.74 bits per heavy atom. The maximum Gasteiger partial charge on any atom is 0.331 e. The van der Waals surface area contributed by atoms with Crippen molar-refractivity contribution in [2.45, 2.75) is 0 Å². The van der Waals surface area contributed by atoms with Gasteiger partial charge in [0.25, 0.3) is 11.1 Å². The highest BCUT2D eigenvalue weighted by atomic mass is 32.2. The molecule has 2 amide bonds. The lowest BCUT2D eigenvalue weighted by Crippen LogP contribution is -2.45. The normalized spacial score (nSPS) is 23.2. The molecule has 2 fully saturated rings. The van der Waals surface area contributed by atoms with Crippen molar-refractivity contribution < 1.29 is 23.9 Å². The second-order valence-corrected chi connectivity index (χ2v) is 5.00. The Morgan fingerprint density at radius 1 is 1.42 bits per heavy atom. The van der Waals surface area contributed by atoms with E-state index in [1.807, 2.05) is 4.90 Å². The summed E-state index contributed by atoms with van der Waals surface area (Å²) in [5, 5.41) is -0.369. The number of imide groups is 1. The van der Waals surface area contributed by atoms with Crippen molar-refractivity contribution in [1.82, 2.24) is 9.80 Å². The van der Waals surface area contributed by atoms with E-state index in [-0.39, 0.29) is 16.8 Å². The molecule has 0 unspecified atom stereocenters. The third-order valence-corrected chi connectivity index (χ3v) is 3.68. The molecule has 2 aliphatic heterocycles. The van der Waals surface area contributed by atoms with Gasteiger partial charge in [0.1, 0.15) is 0 Å². The van der Waals surface area contributed by atoms with E-state index in [0.717, 1.165) is 22.7 Å². The summed E-state index contributed by atoms with van der Waals surface area (Å²) >= 11 is 0.754. The zero-order chi connectivity index (χ0) is 13.8. The van der Waals surface area contributed by atoms with E-state index in [0.29, 0.717) is 26.3 Å². The molecule has 2 rings (SSSR count). The fourth-order valence-corrected chi connectivity index (χ4v) is 2.52. The summed E-state index contributed by atoms with van der Waals surface area (Å²) in [7, 11) is 1.22. The van der Waals surface area contributed by atoms with Crippen LogP contribution in [0.4, 0.5) is 4.79 Å². The maximum atomic E-state index is 12.0. The second kappa shape index (κ2) is 6.18. The van der Waals surface area contributed by atoms with Crippen molar-refractivity contribution in [3.63, 3.8) is 0 Å². The van der Waals surface area contributed by atoms with Gasteiger partial charge in [-0.1, -0.05) is 0 Å². The quantitative estimate of drug-likeness (QED) is 0.535. The molecule has 2 aliphatic rings. The topological polar surface area (TPSA) is 76.2 Å². The number of rotatable bonds is 3. The van der Waals surface area contributed by atoms with Crippen LogP contribution in [0, 0.1) is 0 Å². The van der Waals surface area contributed by atoms with E-state index >= 15 is 0 Å². The number of methoxy groups -OCH3 is 1. The molecule has 0 aromatic rings. The van der Waals surface area contributed by atoms with Gasteiger partial charge in [-0.05, 0) is 11.8 Å². The molecule has 0 saturated carbocycles. The molecule has 2 heterocycles. The summed E-state index contributed by atoms with van der Waals surface area (Å²) in [6, 6.07) is 0. The highest BCUT2D eigenvalue weighted by molar-refractivity contribution is 8.18. The number of hydrogen-bond acceptors (Lipinski definition) is 7. The molecule has 8 heteroatoms. The molecule has 0 spiro atoms. The zero-order valence-corrected chi connectivity index (χ0v) is 11.3. The highest BCUT2D eigenvalue weighted by Crippen LogP contribution is 2.30. The van der Waals surface area contributed by atoms with Gasteiger partial charge in [0.15, 0.2) is 0 Å². The lowest BCUT2D eigenvalue weighted by atomic mass is 10.4. The van der Waals surface area contributed by atoms with E-state index < -0.39 is 11.9 Å². The molecule has 7 nitrogen and oxygen atoms in total. The van der Waals surface area contributed by atoms with Gasteiger partial charge in [0.2, 0.25) is 0 Å². The van der Waals surface area contributed by atoms with Gasteiger partial charge >= 0.3 is 5.97 Å². The fourth-order valence-electron chi connectivity index (χ4n) is 1.73. The zero-order valence-electron chi connectivity index (χ0n) is 10.5. The lowest BCUT2D eigenvalue weighted by molar-refractivity contribution is -0.135. The average Bonchev–Trinajstić information content (AvgIpc) is 2.67. The number of esters is 1. The Morgan fingerprint density at radius 2 is 2.11 bits per heavy atom. The van der Waals surface area contributed by atoms with Crippen LogP contribution in [-0.4, -0.2) is 67.0 Å². The highest BCUT2D eigenvalue weighted by Gasteiger charge is 2.36. The van der Waals surface area contributed by atoms with Gasteiger partial charge in [-0.25, -0.2) is 4.79 Å². The van der Waals surface area contributed by atoms with Crippen molar-refractivity contribution >= 4 is 28.9 Å². The first-order valence-corrected chi connectivity index (χ1v) is 6.57. The standard InChI is InChI=1S/C11H14N2O5S/c1-17-9(14)6-8-10(15)13(11(16)19-8)7-12-2-4-18-5-3-12/h6H,2-5,7H2,1H3/b8-6+. The predicted molar refractivity (Wildman–Crippen MR) is 67.2 cm³/mol. The van der Waals surface area contributed by atoms with Crippen LogP contribution in [0.25, 0.3) is 0 Å². The van der Waals surface area contributed by atoms with Crippen LogP contribution in [-0.2, 0) is 19.1 Å². The SMILES string of the molecule is COC(=O)/C=C1/SC(=O)N(CN2CCOCC2)C1=O. The summed E-state index contributed by atoms with van der Waals surface area (Å²) < 4.78 is 9.64. The summed E-state index contributed by atoms with van der Waals surface area (Å²) in [5.41, 5.74) is 0. The molecule has 0 atom stereocenters. The largest absolute Gasteiger partial charge is 0.466 e. The van der Waals surface area contributed by atoms with E-state index in [2.05, 4.69) is 4.74 Å². The van der Waals surface area contributed by atoms with Crippen molar-refractivity contribution in [1.29, 1.82) is 0 Å². The van der Waals surface area contributed by atoms with Crippen LogP contribution in [0.3, 0.4) is 0 Å². The maximum absolute atomic E-state index is 12.0. The monoisotopic (exact) mass is 286 g/mol. The molecule has 19 heavy (non-hydrogen) atoms. The number of thioether (sulfide) groups is 1. The third kappa shape index (κ3) is 3.34. The summed E-state index contributed by atoms with van der Waals surface area (Å²) in [6.45, 7) is 2.77. The molecule has 104 valence electrons. The fraction of sp³-hybridized carbons (Fsp3) is 0.545. The van der Waals surface area contributed by atoms with Gasteiger partial charge in [0.05, 0.1) is 31.9 Å². The Labute approximate surface area is 114 Å². The van der Waals surface area contributed by atoms with Gasteiger partial charge in [-0.3, -0.25) is 19.4 Å². The van der Waals surface area contributed by atoms with Gasteiger partial charge in [-0.15, -0.1) is 0 Å². The van der Waals surface area contributed by atoms with Crippen LogP contribution in [0.1, 0.15) is 0 Å². The molecule has 2 saturated heterocycles. The van der Waals surface area contributed by atoms with Crippen LogP contribution in [0.15, 0.2) is 11.0 Å². The summed E-state index contributed by atoms with van der Waals surface area (Å²) in [6.07, 6.45) is 1.05. The molecule has 0 N–H and O–H groups in total. The number of amides is 2. The molecule has 0 aromatic carbocycles. The summed E-state index contributed by atoms with van der Waals surface area (Å²) in [4.78, 5) is 38.0. The number of ether oxygens (including phenoxy) is 2. The molecule has 0 aromatic heterocycles. The van der Waals surface area contributed by atoms with Crippen molar-refractivity contribution in [2.75, 3.05) is 40.1 Å². The second-order valence-electron chi connectivity index (χ2n) is 4.00. The molecular formula is C11H14N2O5S. The first-order chi connectivity index (χ1) is 9.11. The average molecular weight is 286 g/mol. The number of carbonyl (C=O) groups excluding carboxylic acids is 3. The Balaban J connectivity index is 2.01.